The van der Waals surface area contributed by atoms with Crippen molar-refractivity contribution < 1.29 is 0 Å². The third kappa shape index (κ3) is 4.23. The lowest BCUT2D eigenvalue weighted by Gasteiger charge is -2.31. The Morgan fingerprint density at radius 3 is 2.69 bits per heavy atom. The van der Waals surface area contributed by atoms with Crippen LogP contribution in [-0.4, -0.2) is 34.3 Å². The Hall–Kier alpha value is -3.85. The first-order chi connectivity index (χ1) is 17.0. The Balaban J connectivity index is 1.63. The molecule has 4 heterocycles. The van der Waals surface area contributed by atoms with Crippen LogP contribution in [0.1, 0.15) is 31.0 Å². The molecule has 35 heavy (non-hydrogen) atoms. The van der Waals surface area contributed by atoms with Gasteiger partial charge in [0.05, 0.1) is 10.4 Å². The second-order valence-corrected chi connectivity index (χ2v) is 9.17. The Labute approximate surface area is 207 Å². The smallest absolute Gasteiger partial charge is 0.334 e. The first-order valence-corrected chi connectivity index (χ1v) is 12.0. The maximum Gasteiger partial charge on any atom is 0.334 e. The molecule has 10 heteroatoms. The van der Waals surface area contributed by atoms with Gasteiger partial charge in [0, 0.05) is 37.2 Å². The average Bonchev–Trinajstić information content (AvgIpc) is 3.60. The van der Waals surface area contributed by atoms with E-state index in [1.165, 1.54) is 0 Å². The molecule has 0 aliphatic carbocycles. The fourth-order valence-corrected chi connectivity index (χ4v) is 4.85. The van der Waals surface area contributed by atoms with Crippen molar-refractivity contribution >= 4 is 11.6 Å². The van der Waals surface area contributed by atoms with Crippen LogP contribution < -0.4 is 11.0 Å². The minimum atomic E-state index is -0.552. The third-order valence-corrected chi connectivity index (χ3v) is 6.76. The van der Waals surface area contributed by atoms with Crippen LogP contribution >= 0.6 is 11.6 Å². The Kier molecular flexibility index (Phi) is 6.17. The molecule has 0 amide bonds. The van der Waals surface area contributed by atoms with E-state index in [0.29, 0.717) is 23.2 Å². The number of benzene rings is 1. The minimum Gasteiger partial charge on any atom is -0.368 e. The van der Waals surface area contributed by atoms with Crippen LogP contribution in [-0.2, 0) is 25.4 Å². The molecular weight excluding hydrogens is 464 g/mol. The summed E-state index contributed by atoms with van der Waals surface area (Å²) in [7, 11) is 1.89. The minimum absolute atomic E-state index is 0.116. The standard InChI is InChI=1S/C25H27ClN8O/c1-3-4-8-20-16-33(23-21(26)9-14-32(23)2)24(35)34(20)17-25(10-12-27-13-11-25)19-7-5-6-18(15-19)22-28-30-31-29-22/h5-7,9-16,27H,3-4,8,17H2,1-2H3,(H,28,29,30,31). The molecule has 0 bridgehead atoms. The molecule has 1 aliphatic rings. The predicted molar refractivity (Wildman–Crippen MR) is 135 cm³/mol. The zero-order valence-electron chi connectivity index (χ0n) is 19.6. The van der Waals surface area contributed by atoms with Crippen molar-refractivity contribution in [3.63, 3.8) is 0 Å². The van der Waals surface area contributed by atoms with E-state index in [1.807, 2.05) is 53.1 Å². The van der Waals surface area contributed by atoms with Crippen molar-refractivity contribution in [2.24, 2.45) is 7.05 Å². The van der Waals surface area contributed by atoms with E-state index >= 15 is 0 Å². The van der Waals surface area contributed by atoms with Gasteiger partial charge in [0.15, 0.2) is 5.82 Å². The number of aromatic amines is 1. The lowest BCUT2D eigenvalue weighted by molar-refractivity contribution is 0.496. The van der Waals surface area contributed by atoms with E-state index < -0.39 is 5.41 Å². The number of unbranched alkanes of at least 4 members (excludes halogenated alkanes) is 1. The van der Waals surface area contributed by atoms with Gasteiger partial charge in [-0.1, -0.05) is 55.3 Å². The molecule has 3 aromatic heterocycles. The van der Waals surface area contributed by atoms with Crippen LogP contribution in [0.4, 0.5) is 0 Å². The molecule has 0 saturated heterocycles. The predicted octanol–water partition coefficient (Wildman–Crippen LogP) is 3.72. The number of imidazole rings is 1. The summed E-state index contributed by atoms with van der Waals surface area (Å²) in [5.41, 5.74) is 2.21. The zero-order valence-corrected chi connectivity index (χ0v) is 20.4. The number of H-pyrrole nitrogens is 1. The molecule has 0 fully saturated rings. The van der Waals surface area contributed by atoms with Crippen LogP contribution in [0, 0.1) is 0 Å². The second kappa shape index (κ2) is 9.42. The maximum atomic E-state index is 13.8. The first kappa shape index (κ1) is 22.9. The van der Waals surface area contributed by atoms with E-state index in [2.05, 4.69) is 57.1 Å². The number of hydrogen-bond donors (Lipinski definition) is 2. The summed E-state index contributed by atoms with van der Waals surface area (Å²) in [6.07, 6.45) is 14.6. The number of aromatic nitrogens is 7. The molecule has 0 spiro atoms. The van der Waals surface area contributed by atoms with Gasteiger partial charge in [-0.15, -0.1) is 5.10 Å². The van der Waals surface area contributed by atoms with E-state index in [9.17, 15) is 4.79 Å². The van der Waals surface area contributed by atoms with Crippen molar-refractivity contribution in [3.8, 4) is 17.2 Å². The Morgan fingerprint density at radius 1 is 1.17 bits per heavy atom. The largest absolute Gasteiger partial charge is 0.368 e. The Morgan fingerprint density at radius 2 is 2.00 bits per heavy atom. The van der Waals surface area contributed by atoms with Gasteiger partial charge in [-0.3, -0.25) is 9.13 Å². The highest BCUT2D eigenvalue weighted by Gasteiger charge is 2.31. The molecule has 1 aliphatic heterocycles. The summed E-state index contributed by atoms with van der Waals surface area (Å²) in [6, 6.07) is 9.87. The maximum absolute atomic E-state index is 13.8. The van der Waals surface area contributed by atoms with Crippen molar-refractivity contribution in [1.82, 2.24) is 39.6 Å². The van der Waals surface area contributed by atoms with Crippen LogP contribution in [0.5, 0.6) is 0 Å². The quantitative estimate of drug-likeness (QED) is 0.392. The first-order valence-electron chi connectivity index (χ1n) is 11.6. The molecule has 180 valence electrons. The molecule has 5 rings (SSSR count). The summed E-state index contributed by atoms with van der Waals surface area (Å²) in [5, 5.41) is 17.9. The molecule has 0 unspecified atom stereocenters. The van der Waals surface area contributed by atoms with Gasteiger partial charge in [-0.05, 0) is 53.4 Å². The normalized spacial score (nSPS) is 14.4. The number of halogens is 1. The number of nitrogens with zero attached hydrogens (tertiary/aromatic N) is 6. The number of rotatable bonds is 8. The lowest BCUT2D eigenvalue weighted by atomic mass is 9.78. The SMILES string of the molecule is CCCCc1cn(-c2c(Cl)ccn2C)c(=O)n1CC1(c2cccc(-c3nnn[nH]3)c2)C=CNC=C1. The number of allylic oxidation sites excluding steroid dienone is 2. The topological polar surface area (TPSA) is 98.3 Å². The lowest BCUT2D eigenvalue weighted by Crippen LogP contribution is -2.36. The van der Waals surface area contributed by atoms with E-state index in [1.54, 1.807) is 10.6 Å². The van der Waals surface area contributed by atoms with Gasteiger partial charge in [0.1, 0.15) is 5.82 Å². The summed E-state index contributed by atoms with van der Waals surface area (Å²) in [4.78, 5) is 13.8. The molecule has 0 atom stereocenters. The number of aryl methyl sites for hydroxylation is 2. The zero-order chi connectivity index (χ0) is 24.4. The molecule has 2 N–H and O–H groups in total. The summed E-state index contributed by atoms with van der Waals surface area (Å²) in [6.45, 7) is 2.59. The third-order valence-electron chi connectivity index (χ3n) is 6.46. The second-order valence-electron chi connectivity index (χ2n) is 8.77. The highest BCUT2D eigenvalue weighted by molar-refractivity contribution is 6.32. The number of tetrazole rings is 1. The molecule has 4 aromatic rings. The van der Waals surface area contributed by atoms with Crippen molar-refractivity contribution in [2.45, 2.75) is 38.1 Å². The molecule has 0 radical (unpaired) electrons. The highest BCUT2D eigenvalue weighted by Crippen LogP contribution is 2.34. The number of hydrogen-bond acceptors (Lipinski definition) is 5. The fourth-order valence-electron chi connectivity index (χ4n) is 4.57. The van der Waals surface area contributed by atoms with Crippen LogP contribution in [0.2, 0.25) is 5.02 Å². The van der Waals surface area contributed by atoms with Gasteiger partial charge in [0.2, 0.25) is 0 Å². The number of dihydropyridines is 1. The molecular formula is C25H27ClN8O. The van der Waals surface area contributed by atoms with Crippen LogP contribution in [0.3, 0.4) is 0 Å². The Bertz CT molecular complexity index is 1410. The molecule has 0 saturated carbocycles. The van der Waals surface area contributed by atoms with E-state index in [0.717, 1.165) is 36.1 Å². The van der Waals surface area contributed by atoms with Gasteiger partial charge < -0.3 is 9.88 Å². The van der Waals surface area contributed by atoms with Gasteiger partial charge >= 0.3 is 5.69 Å². The average molecular weight is 491 g/mol. The van der Waals surface area contributed by atoms with Gasteiger partial charge in [-0.25, -0.2) is 9.89 Å². The highest BCUT2D eigenvalue weighted by atomic mass is 35.5. The molecule has 1 aromatic carbocycles. The van der Waals surface area contributed by atoms with Gasteiger partial charge in [-0.2, -0.15) is 0 Å². The number of nitrogens with one attached hydrogen (secondary N) is 2. The van der Waals surface area contributed by atoms with Crippen molar-refractivity contribution in [3.05, 3.63) is 94.0 Å². The summed E-state index contributed by atoms with van der Waals surface area (Å²) in [5.74, 6) is 1.26. The van der Waals surface area contributed by atoms with E-state index in [-0.39, 0.29) is 5.69 Å². The van der Waals surface area contributed by atoms with Gasteiger partial charge in [0.25, 0.3) is 0 Å². The van der Waals surface area contributed by atoms with Crippen LogP contribution in [0.15, 0.2) is 72.1 Å². The van der Waals surface area contributed by atoms with E-state index in [4.69, 9.17) is 11.6 Å². The molecule has 9 nitrogen and oxygen atoms in total. The van der Waals surface area contributed by atoms with Crippen molar-refractivity contribution in [1.29, 1.82) is 0 Å². The summed E-state index contributed by atoms with van der Waals surface area (Å²) < 4.78 is 5.40. The summed E-state index contributed by atoms with van der Waals surface area (Å²) >= 11 is 6.46. The van der Waals surface area contributed by atoms with Crippen LogP contribution in [0.25, 0.3) is 17.2 Å². The fraction of sp³-hybridized carbons (Fsp3) is 0.280. The van der Waals surface area contributed by atoms with Crippen molar-refractivity contribution in [2.75, 3.05) is 0 Å². The monoisotopic (exact) mass is 490 g/mol.